The van der Waals surface area contributed by atoms with Crippen molar-refractivity contribution in [1.82, 2.24) is 4.98 Å². The minimum absolute atomic E-state index is 0.107. The number of nitriles is 1. The Bertz CT molecular complexity index is 398. The summed E-state index contributed by atoms with van der Waals surface area (Å²) in [5.41, 5.74) is 4.20. The number of pyridine rings is 1. The van der Waals surface area contributed by atoms with Gasteiger partial charge in [-0.05, 0) is 0 Å². The quantitative estimate of drug-likeness (QED) is 0.834. The molecule has 0 aromatic carbocycles. The SMILES string of the molecule is N#CCc1c(C(F)F)cnc(CN)c1F. The highest BCUT2D eigenvalue weighted by atomic mass is 19.3. The van der Waals surface area contributed by atoms with Crippen molar-refractivity contribution in [2.45, 2.75) is 19.4 Å². The van der Waals surface area contributed by atoms with Crippen molar-refractivity contribution in [3.8, 4) is 6.07 Å². The molecule has 0 aliphatic heterocycles. The van der Waals surface area contributed by atoms with Crippen LogP contribution in [0.5, 0.6) is 0 Å². The fourth-order valence-corrected chi connectivity index (χ4v) is 1.17. The van der Waals surface area contributed by atoms with Crippen molar-refractivity contribution >= 4 is 0 Å². The van der Waals surface area contributed by atoms with E-state index in [1.807, 2.05) is 0 Å². The summed E-state index contributed by atoms with van der Waals surface area (Å²) in [5, 5.41) is 8.40. The average Bonchev–Trinajstić information content (AvgIpc) is 2.20. The van der Waals surface area contributed by atoms with Gasteiger partial charge in [-0.1, -0.05) is 0 Å². The Morgan fingerprint density at radius 3 is 2.67 bits per heavy atom. The van der Waals surface area contributed by atoms with Gasteiger partial charge in [0.1, 0.15) is 0 Å². The summed E-state index contributed by atoms with van der Waals surface area (Å²) in [4.78, 5) is 3.47. The second-order valence-corrected chi connectivity index (χ2v) is 2.79. The van der Waals surface area contributed by atoms with Gasteiger partial charge in [-0.25, -0.2) is 13.2 Å². The molecule has 2 N–H and O–H groups in total. The lowest BCUT2D eigenvalue weighted by atomic mass is 10.1. The summed E-state index contributed by atoms with van der Waals surface area (Å²) in [7, 11) is 0. The predicted octanol–water partition coefficient (Wildman–Crippen LogP) is 1.68. The Morgan fingerprint density at radius 1 is 1.53 bits per heavy atom. The van der Waals surface area contributed by atoms with Crippen LogP contribution < -0.4 is 5.73 Å². The molecule has 0 saturated heterocycles. The molecule has 0 spiro atoms. The summed E-state index contributed by atoms with van der Waals surface area (Å²) in [6.07, 6.45) is -2.40. The summed E-state index contributed by atoms with van der Waals surface area (Å²) < 4.78 is 38.3. The molecule has 0 fully saturated rings. The smallest absolute Gasteiger partial charge is 0.265 e. The van der Waals surface area contributed by atoms with Crippen molar-refractivity contribution < 1.29 is 13.2 Å². The van der Waals surface area contributed by atoms with Crippen LogP contribution in [0.3, 0.4) is 0 Å². The van der Waals surface area contributed by atoms with Crippen LogP contribution in [0.15, 0.2) is 6.20 Å². The minimum Gasteiger partial charge on any atom is -0.325 e. The maximum Gasteiger partial charge on any atom is 0.265 e. The molecule has 1 heterocycles. The number of aromatic nitrogens is 1. The van der Waals surface area contributed by atoms with Crippen molar-refractivity contribution in [2.24, 2.45) is 5.73 Å². The minimum atomic E-state index is -2.85. The van der Waals surface area contributed by atoms with Gasteiger partial charge in [0.15, 0.2) is 5.82 Å². The van der Waals surface area contributed by atoms with E-state index >= 15 is 0 Å². The van der Waals surface area contributed by atoms with E-state index in [1.54, 1.807) is 6.07 Å². The molecule has 3 nitrogen and oxygen atoms in total. The van der Waals surface area contributed by atoms with E-state index in [-0.39, 0.29) is 17.8 Å². The lowest BCUT2D eigenvalue weighted by molar-refractivity contribution is 0.149. The Morgan fingerprint density at radius 2 is 2.20 bits per heavy atom. The van der Waals surface area contributed by atoms with Crippen LogP contribution in [0.25, 0.3) is 0 Å². The van der Waals surface area contributed by atoms with Crippen molar-refractivity contribution in [2.75, 3.05) is 0 Å². The topological polar surface area (TPSA) is 62.7 Å². The first kappa shape index (κ1) is 11.5. The number of hydrogen-bond acceptors (Lipinski definition) is 3. The summed E-state index contributed by atoms with van der Waals surface area (Å²) >= 11 is 0. The highest BCUT2D eigenvalue weighted by Crippen LogP contribution is 2.25. The Balaban J connectivity index is 3.32. The number of alkyl halides is 2. The molecule has 1 aromatic rings. The first-order valence-corrected chi connectivity index (χ1v) is 4.13. The zero-order chi connectivity index (χ0) is 11.4. The predicted molar refractivity (Wildman–Crippen MR) is 46.4 cm³/mol. The van der Waals surface area contributed by atoms with Crippen LogP contribution in [0.4, 0.5) is 13.2 Å². The van der Waals surface area contributed by atoms with Crippen LogP contribution >= 0.6 is 0 Å². The third-order valence-corrected chi connectivity index (χ3v) is 1.91. The fraction of sp³-hybridized carbons (Fsp3) is 0.333. The van der Waals surface area contributed by atoms with Gasteiger partial charge in [-0.2, -0.15) is 5.26 Å². The molecule has 0 bridgehead atoms. The monoisotopic (exact) mass is 215 g/mol. The molecule has 15 heavy (non-hydrogen) atoms. The maximum atomic E-state index is 13.5. The molecule has 0 atom stereocenters. The van der Waals surface area contributed by atoms with E-state index < -0.39 is 24.2 Å². The first-order valence-electron chi connectivity index (χ1n) is 4.13. The van der Waals surface area contributed by atoms with Crippen LogP contribution in [0, 0.1) is 17.1 Å². The van der Waals surface area contributed by atoms with Crippen molar-refractivity contribution in [3.63, 3.8) is 0 Å². The zero-order valence-electron chi connectivity index (χ0n) is 7.67. The van der Waals surface area contributed by atoms with Gasteiger partial charge < -0.3 is 5.73 Å². The first-order chi connectivity index (χ1) is 7.11. The van der Waals surface area contributed by atoms with Gasteiger partial charge in [0.2, 0.25) is 0 Å². The summed E-state index contributed by atoms with van der Waals surface area (Å²) in [6.45, 7) is -0.187. The molecular weight excluding hydrogens is 207 g/mol. The lowest BCUT2D eigenvalue weighted by Gasteiger charge is -2.09. The molecular formula is C9H8F3N3. The van der Waals surface area contributed by atoms with Gasteiger partial charge in [0.05, 0.1) is 18.2 Å². The van der Waals surface area contributed by atoms with Gasteiger partial charge in [0, 0.05) is 23.9 Å². The van der Waals surface area contributed by atoms with Crippen molar-refractivity contribution in [1.29, 1.82) is 5.26 Å². The third-order valence-electron chi connectivity index (χ3n) is 1.91. The van der Waals surface area contributed by atoms with Crippen LogP contribution in [-0.2, 0) is 13.0 Å². The number of rotatable bonds is 3. The molecule has 1 rings (SSSR count). The number of nitrogens with zero attached hydrogens (tertiary/aromatic N) is 2. The summed E-state index contributed by atoms with van der Waals surface area (Å²) in [5.74, 6) is -0.906. The van der Waals surface area contributed by atoms with E-state index in [0.29, 0.717) is 0 Å². The maximum absolute atomic E-state index is 13.5. The standard InChI is InChI=1S/C9H8F3N3/c10-8-5(1-2-13)6(9(11)12)4-15-7(8)3-14/h4,9H,1,3,14H2. The van der Waals surface area contributed by atoms with Crippen LogP contribution in [0.2, 0.25) is 0 Å². The van der Waals surface area contributed by atoms with E-state index in [2.05, 4.69) is 4.98 Å². The Kier molecular flexibility index (Phi) is 3.63. The highest BCUT2D eigenvalue weighted by Gasteiger charge is 2.19. The van der Waals surface area contributed by atoms with E-state index in [0.717, 1.165) is 6.20 Å². The largest absolute Gasteiger partial charge is 0.325 e. The van der Waals surface area contributed by atoms with Gasteiger partial charge in [-0.15, -0.1) is 0 Å². The lowest BCUT2D eigenvalue weighted by Crippen LogP contribution is -2.09. The second kappa shape index (κ2) is 4.75. The molecule has 0 amide bonds. The molecule has 0 radical (unpaired) electrons. The molecule has 80 valence electrons. The number of halogens is 3. The van der Waals surface area contributed by atoms with E-state index in [1.165, 1.54) is 0 Å². The van der Waals surface area contributed by atoms with E-state index in [4.69, 9.17) is 11.0 Å². The molecule has 0 aliphatic carbocycles. The molecule has 1 aromatic heterocycles. The van der Waals surface area contributed by atoms with Gasteiger partial charge >= 0.3 is 0 Å². The van der Waals surface area contributed by atoms with E-state index in [9.17, 15) is 13.2 Å². The normalized spacial score (nSPS) is 10.4. The fourth-order valence-electron chi connectivity index (χ4n) is 1.17. The van der Waals surface area contributed by atoms with Crippen LogP contribution in [-0.4, -0.2) is 4.98 Å². The Hall–Kier alpha value is -1.61. The molecule has 0 aliphatic rings. The third kappa shape index (κ3) is 2.25. The summed E-state index contributed by atoms with van der Waals surface area (Å²) in [6, 6.07) is 1.63. The van der Waals surface area contributed by atoms with Crippen molar-refractivity contribution in [3.05, 3.63) is 28.8 Å². The Labute approximate surface area is 84.3 Å². The molecule has 0 unspecified atom stereocenters. The van der Waals surface area contributed by atoms with Crippen LogP contribution in [0.1, 0.15) is 23.2 Å². The van der Waals surface area contributed by atoms with Gasteiger partial charge in [0.25, 0.3) is 6.43 Å². The number of hydrogen-bond donors (Lipinski definition) is 1. The molecule has 0 saturated carbocycles. The van der Waals surface area contributed by atoms with Gasteiger partial charge in [-0.3, -0.25) is 4.98 Å². The number of nitrogens with two attached hydrogens (primary N) is 1. The molecule has 6 heteroatoms. The zero-order valence-corrected chi connectivity index (χ0v) is 7.67. The average molecular weight is 215 g/mol. The highest BCUT2D eigenvalue weighted by molar-refractivity contribution is 5.31. The second-order valence-electron chi connectivity index (χ2n) is 2.79.